The lowest BCUT2D eigenvalue weighted by Gasteiger charge is -2.06. The number of aromatic hydroxyl groups is 2. The molecular weight excluding hydrogens is 352 g/mol. The maximum absolute atomic E-state index is 12.3. The molecule has 0 radical (unpaired) electrons. The van der Waals surface area contributed by atoms with Crippen LogP contribution in [0.4, 0.5) is 35.1 Å². The molecule has 0 amide bonds. The predicted octanol–water partition coefficient (Wildman–Crippen LogP) is 5.10. The highest BCUT2D eigenvalue weighted by Gasteiger charge is 2.31. The van der Waals surface area contributed by atoms with Crippen LogP contribution in [0, 0.1) is 11.6 Å². The normalized spacial score (nSPS) is 11.7. The van der Waals surface area contributed by atoms with Gasteiger partial charge in [0.05, 0.1) is 11.1 Å². The van der Waals surface area contributed by atoms with Crippen LogP contribution in [0.1, 0.15) is 11.1 Å². The summed E-state index contributed by atoms with van der Waals surface area (Å²) in [5, 5.41) is 17.2. The number of hydrogen-bond donors (Lipinski definition) is 2. The fourth-order valence-electron chi connectivity index (χ4n) is 1.38. The number of benzene rings is 2. The summed E-state index contributed by atoms with van der Waals surface area (Å²) in [6, 6.07) is 2.95. The van der Waals surface area contributed by atoms with Crippen molar-refractivity contribution in [2.75, 3.05) is 0 Å². The van der Waals surface area contributed by atoms with Crippen molar-refractivity contribution in [1.82, 2.24) is 0 Å². The molecule has 0 fully saturated rings. The molecule has 0 aromatic heterocycles. The van der Waals surface area contributed by atoms with Crippen LogP contribution in [-0.4, -0.2) is 10.2 Å². The molecule has 10 heteroatoms. The Morgan fingerprint density at radius 3 is 1.08 bits per heavy atom. The van der Waals surface area contributed by atoms with Gasteiger partial charge in [0.15, 0.2) is 23.1 Å². The van der Waals surface area contributed by atoms with E-state index in [0.717, 1.165) is 0 Å². The Morgan fingerprint density at radius 2 is 0.875 bits per heavy atom. The van der Waals surface area contributed by atoms with E-state index in [0.29, 0.717) is 36.4 Å². The Kier molecular flexibility index (Phi) is 5.64. The van der Waals surface area contributed by atoms with E-state index in [2.05, 4.69) is 0 Å². The summed E-state index contributed by atoms with van der Waals surface area (Å²) in [6.45, 7) is 0. The van der Waals surface area contributed by atoms with E-state index in [4.69, 9.17) is 10.2 Å². The third kappa shape index (κ3) is 5.28. The summed E-state index contributed by atoms with van der Waals surface area (Å²) in [7, 11) is 0. The van der Waals surface area contributed by atoms with Gasteiger partial charge in [0.25, 0.3) is 0 Å². The van der Waals surface area contributed by atoms with Gasteiger partial charge in [-0.3, -0.25) is 0 Å². The third-order valence-corrected chi connectivity index (χ3v) is 2.55. The van der Waals surface area contributed by atoms with Gasteiger partial charge < -0.3 is 10.2 Å². The predicted molar refractivity (Wildman–Crippen MR) is 66.1 cm³/mol. The van der Waals surface area contributed by atoms with Crippen molar-refractivity contribution in [3.05, 3.63) is 59.2 Å². The topological polar surface area (TPSA) is 40.5 Å². The van der Waals surface area contributed by atoms with Crippen molar-refractivity contribution in [2.24, 2.45) is 0 Å². The van der Waals surface area contributed by atoms with E-state index in [1.807, 2.05) is 0 Å². The standard InChI is InChI=1S/2C7H4F4O/c2*8-5-2-1-4(3-6(5)12)7(9,10)11/h2*1-3,12H. The zero-order valence-corrected chi connectivity index (χ0v) is 11.4. The molecule has 2 nitrogen and oxygen atoms in total. The monoisotopic (exact) mass is 360 g/mol. The quantitative estimate of drug-likeness (QED) is 0.642. The molecule has 0 atom stereocenters. The van der Waals surface area contributed by atoms with Gasteiger partial charge in [-0.2, -0.15) is 26.3 Å². The van der Waals surface area contributed by atoms with Crippen LogP contribution < -0.4 is 0 Å². The van der Waals surface area contributed by atoms with Crippen LogP contribution in [0.5, 0.6) is 11.5 Å². The molecule has 0 aliphatic carbocycles. The molecule has 0 saturated heterocycles. The molecule has 132 valence electrons. The number of hydrogen-bond acceptors (Lipinski definition) is 2. The van der Waals surface area contributed by atoms with Crippen LogP contribution in [-0.2, 0) is 12.4 Å². The molecule has 0 aliphatic heterocycles. The molecule has 0 unspecified atom stereocenters. The van der Waals surface area contributed by atoms with E-state index in [1.165, 1.54) is 0 Å². The van der Waals surface area contributed by atoms with Gasteiger partial charge in [-0.1, -0.05) is 0 Å². The van der Waals surface area contributed by atoms with Gasteiger partial charge in [0, 0.05) is 0 Å². The first-order valence-electron chi connectivity index (χ1n) is 5.94. The Balaban J connectivity index is 0.000000240. The summed E-state index contributed by atoms with van der Waals surface area (Å²) in [4.78, 5) is 0. The van der Waals surface area contributed by atoms with E-state index in [1.54, 1.807) is 0 Å². The highest BCUT2D eigenvalue weighted by atomic mass is 19.4. The van der Waals surface area contributed by atoms with Crippen molar-refractivity contribution < 1.29 is 45.3 Å². The van der Waals surface area contributed by atoms with Crippen LogP contribution in [0.2, 0.25) is 0 Å². The lowest BCUT2D eigenvalue weighted by Crippen LogP contribution is -2.04. The third-order valence-electron chi connectivity index (χ3n) is 2.55. The van der Waals surface area contributed by atoms with Crippen LogP contribution >= 0.6 is 0 Å². The second-order valence-corrected chi connectivity index (χ2v) is 4.33. The van der Waals surface area contributed by atoms with Crippen LogP contribution in [0.15, 0.2) is 36.4 Å². The first-order valence-corrected chi connectivity index (χ1v) is 5.94. The average molecular weight is 360 g/mol. The second-order valence-electron chi connectivity index (χ2n) is 4.33. The minimum Gasteiger partial charge on any atom is -0.505 e. The van der Waals surface area contributed by atoms with Gasteiger partial charge in [-0.25, -0.2) is 8.78 Å². The smallest absolute Gasteiger partial charge is 0.416 e. The van der Waals surface area contributed by atoms with Gasteiger partial charge in [-0.05, 0) is 36.4 Å². The maximum atomic E-state index is 12.3. The molecule has 2 rings (SSSR count). The van der Waals surface area contributed by atoms with E-state index in [9.17, 15) is 35.1 Å². The molecule has 2 aromatic rings. The number of halogens is 8. The maximum Gasteiger partial charge on any atom is 0.416 e. The molecule has 0 bridgehead atoms. The summed E-state index contributed by atoms with van der Waals surface area (Å²) in [5.41, 5.74) is -2.14. The highest BCUT2D eigenvalue weighted by Crippen LogP contribution is 2.32. The molecule has 2 N–H and O–H groups in total. The number of rotatable bonds is 0. The average Bonchev–Trinajstić information content (AvgIpc) is 2.43. The van der Waals surface area contributed by atoms with Gasteiger partial charge in [0.2, 0.25) is 0 Å². The molecule has 0 spiro atoms. The van der Waals surface area contributed by atoms with Crippen molar-refractivity contribution in [3.8, 4) is 11.5 Å². The van der Waals surface area contributed by atoms with Crippen molar-refractivity contribution in [1.29, 1.82) is 0 Å². The largest absolute Gasteiger partial charge is 0.505 e. The van der Waals surface area contributed by atoms with E-state index >= 15 is 0 Å². The Bertz CT molecular complexity index is 645. The molecule has 0 saturated carbocycles. The molecular formula is C14H8F8O2. The SMILES string of the molecule is Oc1cc(C(F)(F)F)ccc1F.Oc1cc(C(F)(F)F)ccc1F. The highest BCUT2D eigenvalue weighted by molar-refractivity contribution is 5.31. The summed E-state index contributed by atoms with van der Waals surface area (Å²) in [6.07, 6.45) is -9.10. The summed E-state index contributed by atoms with van der Waals surface area (Å²) < 4.78 is 95.7. The van der Waals surface area contributed by atoms with Crippen molar-refractivity contribution >= 4 is 0 Å². The molecule has 2 aromatic carbocycles. The second kappa shape index (κ2) is 6.93. The minimum absolute atomic E-state index is 0.343. The van der Waals surface area contributed by atoms with Gasteiger partial charge >= 0.3 is 12.4 Å². The Labute approximate surface area is 129 Å². The Hall–Kier alpha value is -2.52. The Morgan fingerprint density at radius 1 is 0.583 bits per heavy atom. The zero-order valence-electron chi connectivity index (χ0n) is 11.4. The van der Waals surface area contributed by atoms with Gasteiger partial charge in [0.1, 0.15) is 0 Å². The number of phenols is 2. The molecule has 0 aliphatic rings. The lowest BCUT2D eigenvalue weighted by molar-refractivity contribution is -0.138. The van der Waals surface area contributed by atoms with E-state index in [-0.39, 0.29) is 0 Å². The van der Waals surface area contributed by atoms with Crippen molar-refractivity contribution in [3.63, 3.8) is 0 Å². The first kappa shape index (κ1) is 19.5. The fraction of sp³-hybridized carbons (Fsp3) is 0.143. The van der Waals surface area contributed by atoms with Crippen molar-refractivity contribution in [2.45, 2.75) is 12.4 Å². The zero-order chi connectivity index (χ0) is 18.7. The molecule has 0 heterocycles. The van der Waals surface area contributed by atoms with Crippen LogP contribution in [0.3, 0.4) is 0 Å². The summed E-state index contributed by atoms with van der Waals surface area (Å²) in [5.74, 6) is -4.12. The lowest BCUT2D eigenvalue weighted by atomic mass is 10.2. The van der Waals surface area contributed by atoms with Crippen LogP contribution in [0.25, 0.3) is 0 Å². The van der Waals surface area contributed by atoms with E-state index < -0.39 is 46.6 Å². The fourth-order valence-corrected chi connectivity index (χ4v) is 1.38. The number of alkyl halides is 6. The minimum atomic E-state index is -4.55. The number of phenolic OH excluding ortho intramolecular Hbond substituents is 2. The first-order chi connectivity index (χ1) is 10.8. The summed E-state index contributed by atoms with van der Waals surface area (Å²) >= 11 is 0. The van der Waals surface area contributed by atoms with Gasteiger partial charge in [-0.15, -0.1) is 0 Å². The molecule has 24 heavy (non-hydrogen) atoms.